The van der Waals surface area contributed by atoms with Gasteiger partial charge in [-0.25, -0.2) is 36.0 Å². The van der Waals surface area contributed by atoms with Crippen LogP contribution in [0.2, 0.25) is 0 Å². The van der Waals surface area contributed by atoms with Gasteiger partial charge in [-0.15, -0.1) is 0 Å². The summed E-state index contributed by atoms with van der Waals surface area (Å²) in [5.41, 5.74) is -0.523. The number of carbonyl (C=O) groups excluding carboxylic acids is 2. The first-order chi connectivity index (χ1) is 28.7. The summed E-state index contributed by atoms with van der Waals surface area (Å²) in [5, 5.41) is 20.2. The van der Waals surface area contributed by atoms with Crippen molar-refractivity contribution in [1.82, 2.24) is 14.9 Å². The molecule has 2 aromatic carbocycles. The molecule has 13 nitrogen and oxygen atoms in total. The Morgan fingerprint density at radius 2 is 1.08 bits per heavy atom. The highest BCUT2D eigenvalue weighted by Crippen LogP contribution is 2.75. The molecular formula is C42H56ClF4N5O8S2. The van der Waals surface area contributed by atoms with Crippen molar-refractivity contribution in [2.75, 3.05) is 32.3 Å². The van der Waals surface area contributed by atoms with E-state index in [2.05, 4.69) is 60.4 Å². The van der Waals surface area contributed by atoms with Crippen molar-refractivity contribution >= 4 is 54.1 Å². The Balaban J connectivity index is 0.000000182. The molecular weight excluding hydrogens is 878 g/mol. The minimum atomic E-state index is -3.51. The van der Waals surface area contributed by atoms with Crippen LogP contribution in [0, 0.1) is 44.9 Å². The van der Waals surface area contributed by atoms with Gasteiger partial charge in [0.15, 0.2) is 0 Å². The quantitative estimate of drug-likeness (QED) is 0.141. The van der Waals surface area contributed by atoms with Crippen LogP contribution < -0.4 is 0 Å². The molecule has 0 radical (unpaired) electrons. The lowest BCUT2D eigenvalue weighted by atomic mass is 9.35. The normalized spacial score (nSPS) is 28.7. The highest BCUT2D eigenvalue weighted by atomic mass is 35.7. The SMILES string of the molecule is CCN(C(C)C)C(C)C.CS(=O)(=O)Cl.CS(=O)(=O)OCC12CC(C(=O)N3N=CCC3c3cc(F)cc(F)c3)(C1)C2.O=C(N1N=CCC1c1cc(F)cc(F)c1)C12CC(CO)(C1)C2. The van der Waals surface area contributed by atoms with Gasteiger partial charge in [0.05, 0.1) is 42.0 Å². The van der Waals surface area contributed by atoms with Gasteiger partial charge in [-0.2, -0.15) is 18.6 Å². The van der Waals surface area contributed by atoms with Gasteiger partial charge in [0.25, 0.3) is 10.1 Å². The van der Waals surface area contributed by atoms with Gasteiger partial charge in [0, 0.05) is 66.8 Å². The number of benzene rings is 2. The highest BCUT2D eigenvalue weighted by Gasteiger charge is 2.73. The van der Waals surface area contributed by atoms with Crippen molar-refractivity contribution in [1.29, 1.82) is 0 Å². The molecule has 6 aliphatic carbocycles. The standard InChI is InChI=1S/C17H18F2N2O4S.C16H16F2N2O2.C8H19N.CH3ClO2S/c1-26(23,24)25-10-16-7-17(8-16,9-16)15(22)21-14(2-3-20-21)11-4-12(18)6-13(19)5-11;17-11-3-10(4-12(18)5-11)13-1-2-19-20(13)14(22)16-6-15(7-16,8-16)9-21;1-6-9(7(2)3)8(4)5;1-5(2,3)4/h3-6,14H,2,7-10H2,1H3;2-5,13,21H,1,6-9H2;7-8H,6H2,1-5H3;1H3. The summed E-state index contributed by atoms with van der Waals surface area (Å²) in [7, 11) is -2.20. The summed E-state index contributed by atoms with van der Waals surface area (Å²) in [6, 6.07) is 6.94. The van der Waals surface area contributed by atoms with Crippen LogP contribution in [0.25, 0.3) is 0 Å². The van der Waals surface area contributed by atoms with E-state index in [1.165, 1.54) is 34.3 Å². The zero-order chi connectivity index (χ0) is 46.2. The maximum atomic E-state index is 13.5. The van der Waals surface area contributed by atoms with E-state index in [9.17, 15) is 49.1 Å². The van der Waals surface area contributed by atoms with Gasteiger partial charge in [0.2, 0.25) is 20.9 Å². The summed E-state index contributed by atoms with van der Waals surface area (Å²) in [4.78, 5) is 28.2. The van der Waals surface area contributed by atoms with E-state index in [-0.39, 0.29) is 35.9 Å². The number of hydrogen-bond donors (Lipinski definition) is 1. The average Bonchev–Trinajstić information content (AvgIpc) is 3.75. The predicted octanol–water partition coefficient (Wildman–Crippen LogP) is 7.07. The second-order valence-electron chi connectivity index (χ2n) is 18.2. The van der Waals surface area contributed by atoms with Crippen LogP contribution in [-0.4, -0.2) is 105 Å². The van der Waals surface area contributed by atoms with Crippen molar-refractivity contribution in [2.24, 2.45) is 31.9 Å². The molecule has 10 rings (SSSR count). The molecule has 2 amide bonds. The molecule has 0 spiro atoms. The first-order valence-corrected chi connectivity index (χ1v) is 25.0. The first-order valence-electron chi connectivity index (χ1n) is 20.4. The van der Waals surface area contributed by atoms with Crippen LogP contribution in [0.5, 0.6) is 0 Å². The zero-order valence-electron chi connectivity index (χ0n) is 36.0. The summed E-state index contributed by atoms with van der Waals surface area (Å²) in [6.07, 6.45) is 9.65. The first kappa shape index (κ1) is 49.5. The Morgan fingerprint density at radius 3 is 1.35 bits per heavy atom. The third-order valence-corrected chi connectivity index (χ3v) is 13.0. The summed E-state index contributed by atoms with van der Waals surface area (Å²) >= 11 is 0. The molecule has 4 bridgehead atoms. The summed E-state index contributed by atoms with van der Waals surface area (Å²) in [6.45, 7) is 12.5. The van der Waals surface area contributed by atoms with Crippen molar-refractivity contribution in [3.8, 4) is 0 Å². The second kappa shape index (κ2) is 18.5. The number of carbonyl (C=O) groups is 2. The predicted molar refractivity (Wildman–Crippen MR) is 227 cm³/mol. The number of aliphatic hydroxyl groups is 1. The van der Waals surface area contributed by atoms with Gasteiger partial charge in [0.1, 0.15) is 23.3 Å². The van der Waals surface area contributed by atoms with Crippen LogP contribution in [0.1, 0.15) is 109 Å². The Bertz CT molecular complexity index is 2200. The summed E-state index contributed by atoms with van der Waals surface area (Å²) < 4.78 is 99.8. The van der Waals surface area contributed by atoms with Crippen LogP contribution in [0.15, 0.2) is 46.6 Å². The monoisotopic (exact) mass is 933 g/mol. The molecule has 2 aromatic rings. The number of aliphatic hydroxyl groups excluding tert-OH is 1. The highest BCUT2D eigenvalue weighted by molar-refractivity contribution is 8.13. The Labute approximate surface area is 366 Å². The fourth-order valence-electron chi connectivity index (χ4n) is 10.1. The van der Waals surface area contributed by atoms with E-state index < -0.39 is 65.4 Å². The molecule has 8 aliphatic rings. The fraction of sp³-hybridized carbons (Fsp3) is 0.619. The topological polar surface area (TPSA) is 166 Å². The number of hydrogen-bond acceptors (Lipinski definition) is 11. The third kappa shape index (κ3) is 11.2. The lowest BCUT2D eigenvalue weighted by molar-refractivity contribution is -0.229. The van der Waals surface area contributed by atoms with E-state index in [0.29, 0.717) is 74.6 Å². The van der Waals surface area contributed by atoms with Gasteiger partial charge < -0.3 is 5.11 Å². The van der Waals surface area contributed by atoms with Gasteiger partial charge in [-0.3, -0.25) is 18.7 Å². The maximum Gasteiger partial charge on any atom is 0.264 e. The number of halogens is 5. The molecule has 2 heterocycles. The number of nitrogens with zero attached hydrogens (tertiary/aromatic N) is 5. The molecule has 344 valence electrons. The van der Waals surface area contributed by atoms with E-state index in [0.717, 1.165) is 31.2 Å². The smallest absolute Gasteiger partial charge is 0.264 e. The lowest BCUT2D eigenvalue weighted by Gasteiger charge is -2.69. The van der Waals surface area contributed by atoms with Crippen molar-refractivity contribution in [3.05, 3.63) is 70.8 Å². The molecule has 62 heavy (non-hydrogen) atoms. The van der Waals surface area contributed by atoms with Crippen LogP contribution >= 0.6 is 10.7 Å². The van der Waals surface area contributed by atoms with Gasteiger partial charge >= 0.3 is 0 Å². The Kier molecular flexibility index (Phi) is 14.8. The van der Waals surface area contributed by atoms with Crippen molar-refractivity contribution in [2.45, 2.75) is 110 Å². The van der Waals surface area contributed by atoms with E-state index in [1.807, 2.05) is 0 Å². The maximum absolute atomic E-state index is 13.5. The van der Waals surface area contributed by atoms with E-state index in [4.69, 9.17) is 4.18 Å². The number of amides is 2. The minimum Gasteiger partial charge on any atom is -0.396 e. The van der Waals surface area contributed by atoms with Crippen LogP contribution in [0.3, 0.4) is 0 Å². The molecule has 20 heteroatoms. The number of rotatable bonds is 11. The van der Waals surface area contributed by atoms with Crippen molar-refractivity contribution < 1.29 is 53.3 Å². The summed E-state index contributed by atoms with van der Waals surface area (Å²) in [5.74, 6) is -2.96. The Hall–Kier alpha value is -3.49. The van der Waals surface area contributed by atoms with Gasteiger partial charge in [-0.05, 0) is 119 Å². The average molecular weight is 935 g/mol. The Morgan fingerprint density at radius 1 is 0.742 bits per heavy atom. The van der Waals surface area contributed by atoms with Crippen molar-refractivity contribution in [3.63, 3.8) is 0 Å². The fourth-order valence-corrected chi connectivity index (χ4v) is 10.6. The van der Waals surface area contributed by atoms with Crippen LogP contribution in [0.4, 0.5) is 17.6 Å². The lowest BCUT2D eigenvalue weighted by Crippen LogP contribution is -2.69. The van der Waals surface area contributed by atoms with E-state index >= 15 is 0 Å². The molecule has 1 N–H and O–H groups in total. The van der Waals surface area contributed by atoms with Crippen LogP contribution in [-0.2, 0) is 32.9 Å². The third-order valence-electron chi connectivity index (χ3n) is 12.4. The van der Waals surface area contributed by atoms with Gasteiger partial charge in [-0.1, -0.05) is 6.92 Å². The minimum absolute atomic E-state index is 0.0699. The molecule has 0 saturated heterocycles. The number of hydrazone groups is 2. The second-order valence-corrected chi connectivity index (χ2v) is 22.9. The molecule has 2 aliphatic heterocycles. The molecule has 6 saturated carbocycles. The molecule has 6 fully saturated rings. The largest absolute Gasteiger partial charge is 0.396 e. The molecule has 2 unspecified atom stereocenters. The molecule has 0 aromatic heterocycles. The zero-order valence-corrected chi connectivity index (χ0v) is 38.3. The van der Waals surface area contributed by atoms with E-state index in [1.54, 1.807) is 12.4 Å². The molecule has 2 atom stereocenters.